The molecule has 4 rings (SSSR count). The van der Waals surface area contributed by atoms with Crippen molar-refractivity contribution >= 4 is 33.3 Å². The number of aromatic nitrogens is 4. The molecule has 198 valence electrons. The van der Waals surface area contributed by atoms with Gasteiger partial charge in [0.25, 0.3) is 15.9 Å². The number of benzene rings is 2. The van der Waals surface area contributed by atoms with Gasteiger partial charge in [-0.05, 0) is 36.8 Å². The minimum absolute atomic E-state index is 0.0217. The molecule has 2 aromatic carbocycles. The van der Waals surface area contributed by atoms with Crippen LogP contribution >= 0.6 is 0 Å². The van der Waals surface area contributed by atoms with Crippen LogP contribution in [-0.4, -0.2) is 40.2 Å². The maximum Gasteiger partial charge on any atom is 0.355 e. The summed E-state index contributed by atoms with van der Waals surface area (Å²) < 4.78 is 70.5. The molecular formula is C23H20F3N7O4S. The Morgan fingerprint density at radius 3 is 2.50 bits per heavy atom. The highest BCUT2D eigenvalue weighted by Gasteiger charge is 2.27. The summed E-state index contributed by atoms with van der Waals surface area (Å²) in [6, 6.07) is 9.10. The average molecular weight is 548 g/mol. The zero-order valence-corrected chi connectivity index (χ0v) is 20.3. The number of alkyl halides is 2. The zero-order chi connectivity index (χ0) is 27.4. The van der Waals surface area contributed by atoms with Crippen LogP contribution in [0.25, 0.3) is 11.3 Å². The predicted molar refractivity (Wildman–Crippen MR) is 132 cm³/mol. The lowest BCUT2D eigenvalue weighted by atomic mass is 10.0. The van der Waals surface area contributed by atoms with E-state index in [1.165, 1.54) is 55.0 Å². The second kappa shape index (κ2) is 10.8. The maximum atomic E-state index is 13.4. The van der Waals surface area contributed by atoms with Gasteiger partial charge in [0.05, 0.1) is 11.9 Å². The van der Waals surface area contributed by atoms with Crippen molar-refractivity contribution in [2.45, 2.75) is 18.8 Å². The van der Waals surface area contributed by atoms with E-state index in [1.807, 2.05) is 0 Å². The molecule has 1 atom stereocenters. The minimum Gasteiger partial charge on any atom is -0.485 e. The molecule has 0 spiro atoms. The first kappa shape index (κ1) is 26.4. The second-order valence-corrected chi connectivity index (χ2v) is 9.48. The Balaban J connectivity index is 1.79. The summed E-state index contributed by atoms with van der Waals surface area (Å²) >= 11 is 0. The molecule has 0 bridgehead atoms. The number of carbonyl (C=O) groups excluding carboxylic acids is 1. The Morgan fingerprint density at radius 2 is 1.87 bits per heavy atom. The number of nitrogens with one attached hydrogen (secondary N) is 3. The van der Waals surface area contributed by atoms with E-state index in [2.05, 4.69) is 25.5 Å². The summed E-state index contributed by atoms with van der Waals surface area (Å²) in [5, 5.41) is 9.66. The summed E-state index contributed by atoms with van der Waals surface area (Å²) in [4.78, 5) is 20.4. The number of ether oxygens (including phenoxy) is 1. The Kier molecular flexibility index (Phi) is 7.47. The molecule has 0 aliphatic heterocycles. The monoisotopic (exact) mass is 547 g/mol. The second-order valence-electron chi connectivity index (χ2n) is 7.83. The lowest BCUT2D eigenvalue weighted by molar-refractivity contribution is 0.100. The first-order chi connectivity index (χ1) is 18.0. The van der Waals surface area contributed by atoms with Crippen molar-refractivity contribution in [2.24, 2.45) is 5.73 Å². The van der Waals surface area contributed by atoms with Crippen LogP contribution in [0.4, 0.5) is 30.5 Å². The molecule has 0 saturated carbocycles. The molecule has 0 aliphatic carbocycles. The molecule has 15 heteroatoms. The molecule has 38 heavy (non-hydrogen) atoms. The Morgan fingerprint density at radius 1 is 1.13 bits per heavy atom. The number of anilines is 3. The first-order valence-electron chi connectivity index (χ1n) is 10.8. The van der Waals surface area contributed by atoms with Crippen LogP contribution in [0.5, 0.6) is 5.75 Å². The lowest BCUT2D eigenvalue weighted by Gasteiger charge is -2.19. The number of amides is 1. The Hall–Kier alpha value is -4.66. The number of nitrogens with zero attached hydrogens (tertiary/aromatic N) is 3. The normalized spacial score (nSPS) is 12.2. The van der Waals surface area contributed by atoms with Gasteiger partial charge in [-0.3, -0.25) is 19.6 Å². The third kappa shape index (κ3) is 5.83. The standard InChI is InChI=1S/C23H20F3N7O4S/c1-12(13-2-4-14(24)5-3-13)37-17-10-15(33-38(35,36)23(25)26)6-7-16(17)20-19(21(27)34)22(32-31-20)30-18-11-28-8-9-29-18/h2-12,23,33H,1H3,(H2,27,34)(H2,29,30,31,32)/t12-/m0/s1. The molecule has 0 unspecified atom stereocenters. The number of primary amides is 1. The molecule has 0 aliphatic rings. The van der Waals surface area contributed by atoms with E-state index in [0.29, 0.717) is 5.56 Å². The van der Waals surface area contributed by atoms with Crippen molar-refractivity contribution < 1.29 is 31.1 Å². The number of nitrogens with two attached hydrogens (primary N) is 1. The van der Waals surface area contributed by atoms with Crippen molar-refractivity contribution in [1.29, 1.82) is 0 Å². The van der Waals surface area contributed by atoms with Crippen LogP contribution in [0.1, 0.15) is 28.9 Å². The molecule has 0 radical (unpaired) electrons. The van der Waals surface area contributed by atoms with Gasteiger partial charge in [0.15, 0.2) is 0 Å². The van der Waals surface area contributed by atoms with E-state index in [9.17, 15) is 26.4 Å². The maximum absolute atomic E-state index is 13.4. The van der Waals surface area contributed by atoms with Gasteiger partial charge in [-0.1, -0.05) is 12.1 Å². The molecule has 2 aromatic heterocycles. The fourth-order valence-corrected chi connectivity index (χ4v) is 3.98. The topological polar surface area (TPSA) is 165 Å². The first-order valence-corrected chi connectivity index (χ1v) is 12.4. The molecule has 4 aromatic rings. The SMILES string of the molecule is C[C@H](Oc1cc(NS(=O)(=O)C(F)F)ccc1-c1n[nH]c(Nc2cnccn2)c1C(N)=O)c1ccc(F)cc1. The van der Waals surface area contributed by atoms with Crippen LogP contribution < -0.4 is 20.5 Å². The number of H-pyrrole nitrogens is 1. The van der Waals surface area contributed by atoms with Crippen molar-refractivity contribution in [1.82, 2.24) is 20.2 Å². The summed E-state index contributed by atoms with van der Waals surface area (Å²) in [6.07, 6.45) is 3.55. The summed E-state index contributed by atoms with van der Waals surface area (Å²) in [5.74, 6) is -4.67. The number of hydrogen-bond acceptors (Lipinski definition) is 8. The number of halogens is 3. The molecule has 0 saturated heterocycles. The van der Waals surface area contributed by atoms with Gasteiger partial charge in [0.2, 0.25) is 0 Å². The fourth-order valence-electron chi connectivity index (χ4n) is 3.44. The highest BCUT2D eigenvalue weighted by Crippen LogP contribution is 2.38. The molecule has 0 fully saturated rings. The smallest absolute Gasteiger partial charge is 0.355 e. The van der Waals surface area contributed by atoms with E-state index in [4.69, 9.17) is 10.5 Å². The van der Waals surface area contributed by atoms with E-state index in [1.54, 1.807) is 11.6 Å². The lowest BCUT2D eigenvalue weighted by Crippen LogP contribution is -2.20. The van der Waals surface area contributed by atoms with Gasteiger partial charge >= 0.3 is 5.76 Å². The van der Waals surface area contributed by atoms with Gasteiger partial charge in [-0.25, -0.2) is 17.8 Å². The highest BCUT2D eigenvalue weighted by atomic mass is 32.2. The van der Waals surface area contributed by atoms with E-state index >= 15 is 0 Å². The number of rotatable bonds is 10. The predicted octanol–water partition coefficient (Wildman–Crippen LogP) is 3.95. The third-order valence-electron chi connectivity index (χ3n) is 5.20. The summed E-state index contributed by atoms with van der Waals surface area (Å²) in [7, 11) is -4.98. The average Bonchev–Trinajstić information content (AvgIpc) is 3.28. The van der Waals surface area contributed by atoms with Crippen molar-refractivity contribution in [2.75, 3.05) is 10.0 Å². The molecule has 1 amide bonds. The Labute approximate surface area is 214 Å². The third-order valence-corrected chi connectivity index (χ3v) is 6.19. The van der Waals surface area contributed by atoms with Crippen LogP contribution in [0, 0.1) is 5.82 Å². The van der Waals surface area contributed by atoms with Crippen molar-refractivity contribution in [3.63, 3.8) is 0 Å². The molecule has 11 nitrogen and oxygen atoms in total. The van der Waals surface area contributed by atoms with Gasteiger partial charge in [-0.2, -0.15) is 13.9 Å². The molecule has 5 N–H and O–H groups in total. The van der Waals surface area contributed by atoms with Crippen LogP contribution in [0.15, 0.2) is 61.1 Å². The number of sulfonamides is 1. The van der Waals surface area contributed by atoms with Crippen molar-refractivity contribution in [3.8, 4) is 17.0 Å². The van der Waals surface area contributed by atoms with E-state index < -0.39 is 33.6 Å². The van der Waals surface area contributed by atoms with E-state index in [0.717, 1.165) is 6.07 Å². The molecule has 2 heterocycles. The Bertz CT molecular complexity index is 1550. The largest absolute Gasteiger partial charge is 0.485 e. The van der Waals surface area contributed by atoms with Gasteiger partial charge in [-0.15, -0.1) is 0 Å². The van der Waals surface area contributed by atoms with Crippen LogP contribution in [-0.2, 0) is 10.0 Å². The zero-order valence-electron chi connectivity index (χ0n) is 19.5. The van der Waals surface area contributed by atoms with Crippen LogP contribution in [0.2, 0.25) is 0 Å². The van der Waals surface area contributed by atoms with Gasteiger partial charge < -0.3 is 15.8 Å². The minimum atomic E-state index is -4.98. The van der Waals surface area contributed by atoms with Gasteiger partial charge in [0, 0.05) is 24.0 Å². The number of hydrogen-bond donors (Lipinski definition) is 4. The fraction of sp³-hybridized carbons (Fsp3) is 0.130. The van der Waals surface area contributed by atoms with Crippen molar-refractivity contribution in [3.05, 3.63) is 78.0 Å². The summed E-state index contributed by atoms with van der Waals surface area (Å²) in [5.41, 5.74) is 6.06. The molecular weight excluding hydrogens is 527 g/mol. The summed E-state index contributed by atoms with van der Waals surface area (Å²) in [6.45, 7) is 1.63. The highest BCUT2D eigenvalue weighted by molar-refractivity contribution is 7.93. The number of aromatic amines is 1. The van der Waals surface area contributed by atoms with Gasteiger partial charge in [0.1, 0.15) is 40.6 Å². The van der Waals surface area contributed by atoms with E-state index in [-0.39, 0.29) is 39.9 Å². The quantitative estimate of drug-likeness (QED) is 0.232. The van der Waals surface area contributed by atoms with Crippen LogP contribution in [0.3, 0.4) is 0 Å². The number of carbonyl (C=O) groups is 1.